The third-order valence-corrected chi connectivity index (χ3v) is 6.73. The zero-order valence-electron chi connectivity index (χ0n) is 16.7. The molecular formula is C20H24ClN3O4S. The molecule has 7 nitrogen and oxygen atoms in total. The van der Waals surface area contributed by atoms with Gasteiger partial charge in [0.05, 0.1) is 15.5 Å². The van der Waals surface area contributed by atoms with Crippen LogP contribution < -0.4 is 10.6 Å². The molecule has 2 aromatic carbocycles. The van der Waals surface area contributed by atoms with Crippen LogP contribution in [0.15, 0.2) is 41.3 Å². The Morgan fingerprint density at radius 2 is 1.59 bits per heavy atom. The zero-order chi connectivity index (χ0) is 21.8. The van der Waals surface area contributed by atoms with Crippen molar-refractivity contribution in [1.82, 2.24) is 14.9 Å². The van der Waals surface area contributed by atoms with E-state index in [1.54, 1.807) is 44.2 Å². The number of hydrogen-bond acceptors (Lipinski definition) is 4. The normalized spacial score (nSPS) is 11.4. The minimum atomic E-state index is -3.67. The maximum atomic E-state index is 12.5. The van der Waals surface area contributed by atoms with Gasteiger partial charge in [0, 0.05) is 32.7 Å². The summed E-state index contributed by atoms with van der Waals surface area (Å²) >= 11 is 5.98. The average molecular weight is 438 g/mol. The summed E-state index contributed by atoms with van der Waals surface area (Å²) in [7, 11) is -0.787. The molecule has 0 aliphatic heterocycles. The first-order valence-electron chi connectivity index (χ1n) is 8.90. The average Bonchev–Trinajstić information content (AvgIpc) is 2.66. The number of halogens is 1. The Morgan fingerprint density at radius 1 is 1.00 bits per heavy atom. The van der Waals surface area contributed by atoms with Crippen LogP contribution in [0.2, 0.25) is 5.02 Å². The summed E-state index contributed by atoms with van der Waals surface area (Å²) in [6.07, 6.45) is 0. The summed E-state index contributed by atoms with van der Waals surface area (Å²) in [5.74, 6) is -0.759. The Kier molecular flexibility index (Phi) is 7.40. The Hall–Kier alpha value is -2.42. The molecule has 0 aromatic heterocycles. The summed E-state index contributed by atoms with van der Waals surface area (Å²) in [6, 6.07) is 9.68. The standard InChI is InChI=1S/C20H24ClN3O4S/c1-13-11-15(12-18(14(13)2)29(27,28)24(3)4)19(25)22-9-10-23-20(26)16-7-5-6-8-17(16)21/h5-8,11-12H,9-10H2,1-4H3,(H,22,25)(H,23,26). The number of sulfonamides is 1. The molecule has 0 fully saturated rings. The number of amides is 2. The van der Waals surface area contributed by atoms with E-state index in [-0.39, 0.29) is 29.5 Å². The topological polar surface area (TPSA) is 95.6 Å². The van der Waals surface area contributed by atoms with Gasteiger partial charge in [0.25, 0.3) is 11.8 Å². The Labute approximate surface area is 176 Å². The molecule has 0 aliphatic carbocycles. The second kappa shape index (κ2) is 9.39. The highest BCUT2D eigenvalue weighted by molar-refractivity contribution is 7.89. The van der Waals surface area contributed by atoms with Crippen LogP contribution in [0.1, 0.15) is 31.8 Å². The molecule has 9 heteroatoms. The zero-order valence-corrected chi connectivity index (χ0v) is 18.3. The van der Waals surface area contributed by atoms with Crippen molar-refractivity contribution in [2.24, 2.45) is 0 Å². The van der Waals surface area contributed by atoms with Crippen molar-refractivity contribution in [2.75, 3.05) is 27.2 Å². The van der Waals surface area contributed by atoms with E-state index in [0.29, 0.717) is 21.7 Å². The molecule has 0 radical (unpaired) electrons. The number of nitrogens with one attached hydrogen (secondary N) is 2. The van der Waals surface area contributed by atoms with Crippen LogP contribution in [-0.4, -0.2) is 51.7 Å². The lowest BCUT2D eigenvalue weighted by Crippen LogP contribution is -2.35. The molecule has 2 aromatic rings. The van der Waals surface area contributed by atoms with E-state index in [9.17, 15) is 18.0 Å². The maximum Gasteiger partial charge on any atom is 0.252 e. The van der Waals surface area contributed by atoms with Gasteiger partial charge in [-0.15, -0.1) is 0 Å². The SMILES string of the molecule is Cc1cc(C(=O)NCCNC(=O)c2ccccc2Cl)cc(S(=O)(=O)N(C)C)c1C. The maximum absolute atomic E-state index is 12.5. The fourth-order valence-electron chi connectivity index (χ4n) is 2.62. The van der Waals surface area contributed by atoms with Crippen molar-refractivity contribution < 1.29 is 18.0 Å². The second-order valence-corrected chi connectivity index (χ2v) is 9.22. The highest BCUT2D eigenvalue weighted by Gasteiger charge is 2.23. The lowest BCUT2D eigenvalue weighted by atomic mass is 10.1. The van der Waals surface area contributed by atoms with Gasteiger partial charge in [-0.3, -0.25) is 9.59 Å². The number of rotatable bonds is 7. The summed E-state index contributed by atoms with van der Waals surface area (Å²) in [6.45, 7) is 3.84. The molecule has 0 heterocycles. The number of hydrogen-bond donors (Lipinski definition) is 2. The van der Waals surface area contributed by atoms with E-state index in [4.69, 9.17) is 11.6 Å². The van der Waals surface area contributed by atoms with Crippen molar-refractivity contribution in [3.05, 3.63) is 63.7 Å². The molecule has 0 spiro atoms. The smallest absolute Gasteiger partial charge is 0.252 e. The van der Waals surface area contributed by atoms with Crippen molar-refractivity contribution >= 4 is 33.4 Å². The quantitative estimate of drug-likeness (QED) is 0.650. The fraction of sp³-hybridized carbons (Fsp3) is 0.300. The molecule has 156 valence electrons. The van der Waals surface area contributed by atoms with Crippen molar-refractivity contribution in [1.29, 1.82) is 0 Å². The van der Waals surface area contributed by atoms with Crippen LogP contribution in [0.5, 0.6) is 0 Å². The van der Waals surface area contributed by atoms with Crippen molar-refractivity contribution in [3.8, 4) is 0 Å². The van der Waals surface area contributed by atoms with Crippen LogP contribution in [0, 0.1) is 13.8 Å². The second-order valence-electron chi connectivity index (χ2n) is 6.70. The highest BCUT2D eigenvalue weighted by Crippen LogP contribution is 2.23. The lowest BCUT2D eigenvalue weighted by Gasteiger charge is -2.16. The van der Waals surface area contributed by atoms with Crippen LogP contribution in [0.3, 0.4) is 0 Å². The molecule has 0 aliphatic rings. The van der Waals surface area contributed by atoms with E-state index in [1.165, 1.54) is 20.2 Å². The van der Waals surface area contributed by atoms with Crippen molar-refractivity contribution in [3.63, 3.8) is 0 Å². The molecule has 2 rings (SSSR count). The first-order chi connectivity index (χ1) is 13.6. The van der Waals surface area contributed by atoms with Gasteiger partial charge in [-0.05, 0) is 49.2 Å². The molecule has 0 saturated carbocycles. The number of carbonyl (C=O) groups excluding carboxylic acids is 2. The van der Waals surface area contributed by atoms with Crippen molar-refractivity contribution in [2.45, 2.75) is 18.7 Å². The monoisotopic (exact) mass is 437 g/mol. The first kappa shape index (κ1) is 22.9. The number of nitrogens with zero attached hydrogens (tertiary/aromatic N) is 1. The molecule has 2 amide bonds. The van der Waals surface area contributed by atoms with Gasteiger partial charge in [-0.2, -0.15) is 0 Å². The Bertz CT molecular complexity index is 1040. The Balaban J connectivity index is 2.04. The summed E-state index contributed by atoms with van der Waals surface area (Å²) in [5, 5.41) is 5.70. The molecule has 0 bridgehead atoms. The molecule has 0 unspecified atom stereocenters. The van der Waals surface area contributed by atoms with Gasteiger partial charge in [-0.1, -0.05) is 23.7 Å². The number of aryl methyl sites for hydroxylation is 1. The molecular weight excluding hydrogens is 414 g/mol. The van der Waals surface area contributed by atoms with E-state index >= 15 is 0 Å². The minimum absolute atomic E-state index is 0.0969. The van der Waals surface area contributed by atoms with E-state index in [1.807, 2.05) is 0 Å². The van der Waals surface area contributed by atoms with Gasteiger partial charge >= 0.3 is 0 Å². The largest absolute Gasteiger partial charge is 0.350 e. The molecule has 0 atom stereocenters. The van der Waals surface area contributed by atoms with E-state index in [0.717, 1.165) is 4.31 Å². The number of carbonyl (C=O) groups is 2. The highest BCUT2D eigenvalue weighted by atomic mass is 35.5. The first-order valence-corrected chi connectivity index (χ1v) is 10.7. The third-order valence-electron chi connectivity index (χ3n) is 4.46. The number of benzene rings is 2. The summed E-state index contributed by atoms with van der Waals surface area (Å²) in [5.41, 5.74) is 1.89. The van der Waals surface area contributed by atoms with Gasteiger partial charge < -0.3 is 10.6 Å². The van der Waals surface area contributed by atoms with Gasteiger partial charge in [0.1, 0.15) is 0 Å². The predicted octanol–water partition coefficient (Wildman–Crippen LogP) is 2.37. The Morgan fingerprint density at radius 3 is 2.17 bits per heavy atom. The van der Waals surface area contributed by atoms with Gasteiger partial charge in [0.2, 0.25) is 10.0 Å². The van der Waals surface area contributed by atoms with E-state index in [2.05, 4.69) is 10.6 Å². The molecule has 2 N–H and O–H groups in total. The predicted molar refractivity (Wildman–Crippen MR) is 113 cm³/mol. The van der Waals surface area contributed by atoms with Crippen LogP contribution in [-0.2, 0) is 10.0 Å². The molecule has 29 heavy (non-hydrogen) atoms. The van der Waals surface area contributed by atoms with E-state index < -0.39 is 15.9 Å². The fourth-order valence-corrected chi connectivity index (χ4v) is 4.06. The minimum Gasteiger partial charge on any atom is -0.350 e. The van der Waals surface area contributed by atoms with Crippen LogP contribution >= 0.6 is 11.6 Å². The van der Waals surface area contributed by atoms with Crippen LogP contribution in [0.4, 0.5) is 0 Å². The van der Waals surface area contributed by atoms with Crippen LogP contribution in [0.25, 0.3) is 0 Å². The third kappa shape index (κ3) is 5.35. The summed E-state index contributed by atoms with van der Waals surface area (Å²) in [4.78, 5) is 24.7. The lowest BCUT2D eigenvalue weighted by molar-refractivity contribution is 0.0927. The van der Waals surface area contributed by atoms with Gasteiger partial charge in [0.15, 0.2) is 0 Å². The van der Waals surface area contributed by atoms with Gasteiger partial charge in [-0.25, -0.2) is 12.7 Å². The summed E-state index contributed by atoms with van der Waals surface area (Å²) < 4.78 is 26.1. The molecule has 0 saturated heterocycles.